The molecule has 0 N–H and O–H groups in total. The zero-order valence-corrected chi connectivity index (χ0v) is 12.3. The Morgan fingerprint density at radius 2 is 2.11 bits per heavy atom. The van der Waals surface area contributed by atoms with Crippen molar-refractivity contribution in [3.63, 3.8) is 0 Å². The lowest BCUT2D eigenvalue weighted by Gasteiger charge is -2.14. The van der Waals surface area contributed by atoms with Crippen molar-refractivity contribution < 1.29 is 9.53 Å². The van der Waals surface area contributed by atoms with E-state index >= 15 is 0 Å². The summed E-state index contributed by atoms with van der Waals surface area (Å²) in [6, 6.07) is 10.2. The Kier molecular flexibility index (Phi) is 7.09. The zero-order valence-electron chi connectivity index (χ0n) is 11.5. The second-order valence-electron chi connectivity index (χ2n) is 4.10. The molecule has 0 saturated heterocycles. The molecule has 0 heterocycles. The number of hydrogen-bond donors (Lipinski definition) is 0. The maximum absolute atomic E-state index is 11.9. The third-order valence-corrected chi connectivity index (χ3v) is 4.01. The van der Waals surface area contributed by atoms with E-state index in [1.165, 1.54) is 5.56 Å². The van der Waals surface area contributed by atoms with Crippen molar-refractivity contribution in [2.75, 3.05) is 12.4 Å². The monoisotopic (exact) mass is 276 g/mol. The van der Waals surface area contributed by atoms with Gasteiger partial charge in [0.2, 0.25) is 0 Å². The largest absolute Gasteiger partial charge is 0.465 e. The van der Waals surface area contributed by atoms with Gasteiger partial charge in [-0.05, 0) is 37.2 Å². The predicted molar refractivity (Wildman–Crippen MR) is 81.4 cm³/mol. The number of rotatable bonds is 7. The first kappa shape index (κ1) is 15.6. The van der Waals surface area contributed by atoms with Crippen LogP contribution >= 0.6 is 11.8 Å². The highest BCUT2D eigenvalue weighted by Gasteiger charge is 2.21. The van der Waals surface area contributed by atoms with E-state index in [0.717, 1.165) is 17.7 Å². The molecule has 0 bridgehead atoms. The lowest BCUT2D eigenvalue weighted by atomic mass is 10.2. The van der Waals surface area contributed by atoms with Gasteiger partial charge in [0.1, 0.15) is 5.25 Å². The van der Waals surface area contributed by atoms with E-state index in [1.54, 1.807) is 11.8 Å². The second kappa shape index (κ2) is 8.63. The molecule has 1 atom stereocenters. The van der Waals surface area contributed by atoms with Crippen molar-refractivity contribution in [2.24, 2.45) is 0 Å². The Hall–Kier alpha value is -1.44. The number of thioether (sulfide) groups is 1. The fraction of sp³-hybridized carbons (Fsp3) is 0.375. The Bertz CT molecular complexity index is 447. The summed E-state index contributed by atoms with van der Waals surface area (Å²) in [5, 5.41) is -0.291. The average molecular weight is 276 g/mol. The third-order valence-electron chi connectivity index (χ3n) is 2.69. The molecule has 2 nitrogen and oxygen atoms in total. The van der Waals surface area contributed by atoms with Crippen LogP contribution in [0.4, 0.5) is 0 Å². The van der Waals surface area contributed by atoms with Gasteiger partial charge < -0.3 is 4.74 Å². The van der Waals surface area contributed by atoms with E-state index in [4.69, 9.17) is 4.74 Å². The summed E-state index contributed by atoms with van der Waals surface area (Å²) in [6.07, 6.45) is 0.936. The van der Waals surface area contributed by atoms with Crippen LogP contribution in [0.5, 0.6) is 0 Å². The Morgan fingerprint density at radius 1 is 1.42 bits per heavy atom. The maximum atomic E-state index is 11.9. The molecule has 0 aliphatic rings. The molecule has 102 valence electrons. The van der Waals surface area contributed by atoms with E-state index in [1.807, 2.05) is 32.0 Å². The summed E-state index contributed by atoms with van der Waals surface area (Å²) in [6.45, 7) is 7.69. The quantitative estimate of drug-likeness (QED) is 0.562. The molecule has 3 heteroatoms. The smallest absolute Gasteiger partial charge is 0.323 e. The molecule has 1 aromatic carbocycles. The second-order valence-corrected chi connectivity index (χ2v) is 5.31. The average Bonchev–Trinajstić information content (AvgIpc) is 2.44. The zero-order chi connectivity index (χ0) is 14.1. The van der Waals surface area contributed by atoms with E-state index in [2.05, 4.69) is 24.4 Å². The number of carbonyl (C=O) groups is 1. The van der Waals surface area contributed by atoms with Gasteiger partial charge in [0, 0.05) is 0 Å². The molecule has 0 radical (unpaired) electrons. The van der Waals surface area contributed by atoms with Crippen LogP contribution in [0.15, 0.2) is 48.2 Å². The van der Waals surface area contributed by atoms with Crippen molar-refractivity contribution in [1.29, 1.82) is 0 Å². The summed E-state index contributed by atoms with van der Waals surface area (Å²) in [5.41, 5.74) is 4.90. The number of aryl methyl sites for hydroxylation is 1. The third kappa shape index (κ3) is 5.37. The molecule has 1 rings (SSSR count). The number of carbonyl (C=O) groups excluding carboxylic acids is 1. The van der Waals surface area contributed by atoms with Crippen LogP contribution in [-0.2, 0) is 16.0 Å². The molecule has 0 fully saturated rings. The van der Waals surface area contributed by atoms with Crippen LogP contribution in [0.25, 0.3) is 0 Å². The standard InChI is InChI=1S/C16H20O2S/c1-4-13(3)15(16(17)18-5-2)19-12-11-14-9-7-6-8-10-14/h6-10,15H,1,5,11-12H2,2-3H3. The van der Waals surface area contributed by atoms with Crippen molar-refractivity contribution in [3.05, 3.63) is 53.8 Å². The lowest BCUT2D eigenvalue weighted by molar-refractivity contribution is -0.141. The normalized spacial score (nSPS) is 11.5. The van der Waals surface area contributed by atoms with E-state index in [-0.39, 0.29) is 11.2 Å². The molecular weight excluding hydrogens is 256 g/mol. The van der Waals surface area contributed by atoms with Gasteiger partial charge in [-0.3, -0.25) is 4.79 Å². The molecule has 0 amide bonds. The van der Waals surface area contributed by atoms with Crippen LogP contribution in [0.1, 0.15) is 19.4 Å². The Labute approximate surface area is 119 Å². The first-order valence-corrected chi connectivity index (χ1v) is 7.42. The molecule has 0 aromatic heterocycles. The van der Waals surface area contributed by atoms with Crippen LogP contribution in [0.3, 0.4) is 0 Å². The highest BCUT2D eigenvalue weighted by atomic mass is 32.2. The van der Waals surface area contributed by atoms with Gasteiger partial charge in [0.25, 0.3) is 0 Å². The highest BCUT2D eigenvalue weighted by molar-refractivity contribution is 8.00. The number of benzene rings is 1. The first-order chi connectivity index (χ1) is 9.19. The van der Waals surface area contributed by atoms with Crippen molar-refractivity contribution in [3.8, 4) is 0 Å². The minimum Gasteiger partial charge on any atom is -0.465 e. The Balaban J connectivity index is 2.54. The summed E-state index contributed by atoms with van der Waals surface area (Å²) in [7, 11) is 0. The molecule has 0 aliphatic carbocycles. The lowest BCUT2D eigenvalue weighted by Crippen LogP contribution is -2.22. The number of ether oxygens (including phenoxy) is 1. The van der Waals surface area contributed by atoms with Gasteiger partial charge in [0.05, 0.1) is 6.61 Å². The van der Waals surface area contributed by atoms with Crippen molar-refractivity contribution in [1.82, 2.24) is 0 Å². The van der Waals surface area contributed by atoms with Crippen molar-refractivity contribution in [2.45, 2.75) is 25.5 Å². The molecule has 0 aliphatic heterocycles. The van der Waals surface area contributed by atoms with Crippen LogP contribution in [0.2, 0.25) is 0 Å². The number of esters is 1. The fourth-order valence-corrected chi connectivity index (χ4v) is 2.75. The van der Waals surface area contributed by atoms with Gasteiger partial charge in [-0.2, -0.15) is 0 Å². The van der Waals surface area contributed by atoms with E-state index in [9.17, 15) is 4.79 Å². The van der Waals surface area contributed by atoms with Gasteiger partial charge >= 0.3 is 5.97 Å². The first-order valence-electron chi connectivity index (χ1n) is 6.37. The summed E-state index contributed by atoms with van der Waals surface area (Å²) < 4.78 is 5.08. The molecule has 0 spiro atoms. The van der Waals surface area contributed by atoms with Crippen molar-refractivity contribution >= 4 is 17.7 Å². The maximum Gasteiger partial charge on any atom is 0.323 e. The van der Waals surface area contributed by atoms with E-state index < -0.39 is 0 Å². The minimum atomic E-state index is -0.291. The van der Waals surface area contributed by atoms with Crippen LogP contribution in [-0.4, -0.2) is 23.6 Å². The van der Waals surface area contributed by atoms with Gasteiger partial charge in [-0.1, -0.05) is 36.9 Å². The van der Waals surface area contributed by atoms with E-state index in [0.29, 0.717) is 6.61 Å². The van der Waals surface area contributed by atoms with Gasteiger partial charge in [-0.15, -0.1) is 17.5 Å². The van der Waals surface area contributed by atoms with Crippen LogP contribution < -0.4 is 0 Å². The summed E-state index contributed by atoms with van der Waals surface area (Å²) in [5.74, 6) is 0.668. The number of hydrogen-bond acceptors (Lipinski definition) is 3. The topological polar surface area (TPSA) is 26.3 Å². The fourth-order valence-electron chi connectivity index (χ4n) is 1.62. The van der Waals surface area contributed by atoms with Gasteiger partial charge in [0.15, 0.2) is 0 Å². The summed E-state index contributed by atoms with van der Waals surface area (Å²) in [4.78, 5) is 11.9. The predicted octanol–water partition coefficient (Wildman–Crippen LogP) is 3.63. The minimum absolute atomic E-state index is 0.200. The molecule has 19 heavy (non-hydrogen) atoms. The molecular formula is C16H20O2S. The summed E-state index contributed by atoms with van der Waals surface area (Å²) >= 11 is 1.58. The molecule has 0 saturated carbocycles. The van der Waals surface area contributed by atoms with Gasteiger partial charge in [-0.25, -0.2) is 0 Å². The molecule has 1 unspecified atom stereocenters. The van der Waals surface area contributed by atoms with Crippen LogP contribution in [0, 0.1) is 0 Å². The molecule has 1 aromatic rings. The Morgan fingerprint density at radius 3 is 2.68 bits per heavy atom. The SMILES string of the molecule is C=C=C(C)C(SCCc1ccccc1)C(=O)OCC. The highest BCUT2D eigenvalue weighted by Crippen LogP contribution is 2.21.